The summed E-state index contributed by atoms with van der Waals surface area (Å²) in [6, 6.07) is 0. The Bertz CT molecular complexity index is 263. The third-order valence-corrected chi connectivity index (χ3v) is 2.97. The molecule has 3 N–H and O–H groups in total. The lowest BCUT2D eigenvalue weighted by Crippen LogP contribution is -2.46. The lowest BCUT2D eigenvalue weighted by Gasteiger charge is -2.26. The maximum absolute atomic E-state index is 11.1. The second kappa shape index (κ2) is 3.57. The van der Waals surface area contributed by atoms with Crippen molar-refractivity contribution in [2.75, 3.05) is 13.1 Å². The molecule has 0 aromatic heterocycles. The average Bonchev–Trinajstić information content (AvgIpc) is 2.83. The van der Waals surface area contributed by atoms with Crippen LogP contribution in [0.1, 0.15) is 20.3 Å². The Morgan fingerprint density at radius 1 is 1.50 bits per heavy atom. The highest BCUT2D eigenvalue weighted by molar-refractivity contribution is 5.95. The molecule has 5 heteroatoms. The van der Waals surface area contributed by atoms with E-state index in [9.17, 15) is 9.59 Å². The molecule has 1 rings (SSSR count). The van der Waals surface area contributed by atoms with Crippen molar-refractivity contribution in [3.63, 3.8) is 0 Å². The molecule has 1 aliphatic rings. The first-order chi connectivity index (χ1) is 6.50. The smallest absolute Gasteiger partial charge is 0.324 e. The number of likely N-dealkylation sites (N-methyl/N-ethyl adjacent to an activating group) is 1. The number of nitrogens with zero attached hydrogens (tertiary/aromatic N) is 1. The first-order valence-electron chi connectivity index (χ1n) is 4.78. The lowest BCUT2D eigenvalue weighted by molar-refractivity contribution is -0.147. The van der Waals surface area contributed by atoms with E-state index >= 15 is 0 Å². The number of aliphatic carboxylic acids is 1. The van der Waals surface area contributed by atoms with E-state index in [1.165, 1.54) is 0 Å². The van der Waals surface area contributed by atoms with Crippen LogP contribution in [-0.4, -0.2) is 40.5 Å². The van der Waals surface area contributed by atoms with Crippen molar-refractivity contribution in [2.45, 2.75) is 25.8 Å². The zero-order valence-electron chi connectivity index (χ0n) is 8.49. The van der Waals surface area contributed by atoms with Crippen LogP contribution in [0, 0.1) is 5.92 Å². The van der Waals surface area contributed by atoms with E-state index < -0.39 is 23.3 Å². The second-order valence-corrected chi connectivity index (χ2v) is 3.56. The number of amides is 1. The molecular weight excluding hydrogens is 184 g/mol. The zero-order chi connectivity index (χ0) is 10.9. The predicted octanol–water partition coefficient (Wildman–Crippen LogP) is -0.343. The first kappa shape index (κ1) is 11.0. The largest absolute Gasteiger partial charge is 0.480 e. The van der Waals surface area contributed by atoms with Crippen LogP contribution < -0.4 is 5.73 Å². The molecule has 0 heterocycles. The van der Waals surface area contributed by atoms with Gasteiger partial charge in [-0.1, -0.05) is 13.8 Å². The molecule has 5 nitrogen and oxygen atoms in total. The Hall–Kier alpha value is -1.10. The summed E-state index contributed by atoms with van der Waals surface area (Å²) in [6.07, 6.45) is 0.347. The van der Waals surface area contributed by atoms with Crippen LogP contribution in [0.25, 0.3) is 0 Å². The highest BCUT2D eigenvalue weighted by Crippen LogP contribution is 2.48. The fourth-order valence-corrected chi connectivity index (χ4v) is 2.10. The minimum absolute atomic E-state index is 0.347. The molecule has 0 aromatic carbocycles. The Morgan fingerprint density at radius 3 is 2.21 bits per heavy atom. The third kappa shape index (κ3) is 1.37. The summed E-state index contributed by atoms with van der Waals surface area (Å²) in [7, 11) is 0. The van der Waals surface area contributed by atoms with Crippen molar-refractivity contribution in [2.24, 2.45) is 11.7 Å². The van der Waals surface area contributed by atoms with Gasteiger partial charge in [-0.2, -0.15) is 0 Å². The zero-order valence-corrected chi connectivity index (χ0v) is 8.49. The van der Waals surface area contributed by atoms with Gasteiger partial charge in [0.1, 0.15) is 5.54 Å². The molecule has 0 aliphatic heterocycles. The first-order valence-corrected chi connectivity index (χ1v) is 4.78. The van der Waals surface area contributed by atoms with Crippen LogP contribution in [0.15, 0.2) is 0 Å². The van der Waals surface area contributed by atoms with Crippen LogP contribution in [0.3, 0.4) is 0 Å². The molecule has 80 valence electrons. The van der Waals surface area contributed by atoms with Crippen LogP contribution in [0.5, 0.6) is 0 Å². The summed E-state index contributed by atoms with van der Waals surface area (Å²) in [5, 5.41) is 9.11. The molecule has 0 spiro atoms. The highest BCUT2D eigenvalue weighted by Gasteiger charge is 2.66. The van der Waals surface area contributed by atoms with E-state index in [4.69, 9.17) is 10.8 Å². The maximum Gasteiger partial charge on any atom is 0.324 e. The van der Waals surface area contributed by atoms with E-state index in [2.05, 4.69) is 0 Å². The van der Waals surface area contributed by atoms with Gasteiger partial charge >= 0.3 is 5.97 Å². The van der Waals surface area contributed by atoms with Gasteiger partial charge in [0.25, 0.3) is 0 Å². The topological polar surface area (TPSA) is 83.6 Å². The average molecular weight is 200 g/mol. The van der Waals surface area contributed by atoms with Gasteiger partial charge in [-0.15, -0.1) is 0 Å². The summed E-state index contributed by atoms with van der Waals surface area (Å²) in [5.74, 6) is -1.98. The number of carbonyl (C=O) groups is 2. The summed E-state index contributed by atoms with van der Waals surface area (Å²) < 4.78 is 0. The van der Waals surface area contributed by atoms with Crippen LogP contribution >= 0.6 is 0 Å². The molecule has 0 bridgehead atoms. The Labute approximate surface area is 82.9 Å². The quantitative estimate of drug-likeness (QED) is 0.635. The standard InChI is InChI=1S/C9H16N2O3/c1-3-11(4-2)9(8(13)14)5-6(9)7(10)12/h6H,3-5H2,1-2H3,(H2,10,12)(H,13,14). The van der Waals surface area contributed by atoms with Gasteiger partial charge in [0.05, 0.1) is 5.92 Å². The number of hydrogen-bond acceptors (Lipinski definition) is 3. The van der Waals surface area contributed by atoms with Gasteiger partial charge in [0.15, 0.2) is 0 Å². The number of carboxylic acid groups (broad SMARTS) is 1. The minimum Gasteiger partial charge on any atom is -0.480 e. The van der Waals surface area contributed by atoms with Crippen molar-refractivity contribution >= 4 is 11.9 Å². The molecule has 0 saturated heterocycles. The van der Waals surface area contributed by atoms with E-state index in [1.54, 1.807) is 4.90 Å². The Balaban J connectivity index is 2.87. The van der Waals surface area contributed by atoms with Gasteiger partial charge in [0.2, 0.25) is 5.91 Å². The van der Waals surface area contributed by atoms with Crippen LogP contribution in [0.4, 0.5) is 0 Å². The molecule has 1 aliphatic carbocycles. The molecule has 1 amide bonds. The van der Waals surface area contributed by atoms with Crippen LogP contribution in [0.2, 0.25) is 0 Å². The van der Waals surface area contributed by atoms with Gasteiger partial charge < -0.3 is 10.8 Å². The normalized spacial score (nSPS) is 30.4. The van der Waals surface area contributed by atoms with Gasteiger partial charge in [-0.3, -0.25) is 14.5 Å². The summed E-state index contributed by atoms with van der Waals surface area (Å²) in [5.41, 5.74) is 4.11. The number of rotatable bonds is 5. The van der Waals surface area contributed by atoms with E-state index in [0.29, 0.717) is 19.5 Å². The van der Waals surface area contributed by atoms with Crippen molar-refractivity contribution in [3.8, 4) is 0 Å². The molecule has 1 fully saturated rings. The number of carboxylic acids is 1. The minimum atomic E-state index is -1.02. The van der Waals surface area contributed by atoms with Gasteiger partial charge in [-0.25, -0.2) is 0 Å². The molecule has 14 heavy (non-hydrogen) atoms. The highest BCUT2D eigenvalue weighted by atomic mass is 16.4. The summed E-state index contributed by atoms with van der Waals surface area (Å²) in [4.78, 5) is 23.8. The molecular formula is C9H16N2O3. The second-order valence-electron chi connectivity index (χ2n) is 3.56. The molecule has 0 radical (unpaired) electrons. The fourth-order valence-electron chi connectivity index (χ4n) is 2.10. The van der Waals surface area contributed by atoms with Crippen molar-refractivity contribution in [1.29, 1.82) is 0 Å². The fraction of sp³-hybridized carbons (Fsp3) is 0.778. The summed E-state index contributed by atoms with van der Waals surface area (Å²) >= 11 is 0. The number of hydrogen-bond donors (Lipinski definition) is 2. The molecule has 2 unspecified atom stereocenters. The monoisotopic (exact) mass is 200 g/mol. The number of nitrogens with two attached hydrogens (primary N) is 1. The lowest BCUT2D eigenvalue weighted by atomic mass is 10.1. The van der Waals surface area contributed by atoms with Crippen molar-refractivity contribution in [1.82, 2.24) is 4.90 Å². The van der Waals surface area contributed by atoms with E-state index in [1.807, 2.05) is 13.8 Å². The number of carbonyl (C=O) groups excluding carboxylic acids is 1. The molecule has 0 aromatic rings. The molecule has 2 atom stereocenters. The predicted molar refractivity (Wildman–Crippen MR) is 50.6 cm³/mol. The van der Waals surface area contributed by atoms with Crippen LogP contribution in [-0.2, 0) is 9.59 Å². The Kier molecular flexibility index (Phi) is 2.80. The van der Waals surface area contributed by atoms with E-state index in [-0.39, 0.29) is 0 Å². The maximum atomic E-state index is 11.1. The SMILES string of the molecule is CCN(CC)C1(C(=O)O)CC1C(N)=O. The van der Waals surface area contributed by atoms with Gasteiger partial charge in [0, 0.05) is 0 Å². The third-order valence-electron chi connectivity index (χ3n) is 2.97. The molecule has 1 saturated carbocycles. The Morgan fingerprint density at radius 2 is 2.00 bits per heavy atom. The van der Waals surface area contributed by atoms with Crippen molar-refractivity contribution in [3.05, 3.63) is 0 Å². The van der Waals surface area contributed by atoms with E-state index in [0.717, 1.165) is 0 Å². The summed E-state index contributed by atoms with van der Waals surface area (Å²) in [6.45, 7) is 4.99. The van der Waals surface area contributed by atoms with Gasteiger partial charge in [-0.05, 0) is 19.5 Å². The van der Waals surface area contributed by atoms with Crippen molar-refractivity contribution < 1.29 is 14.7 Å². The number of primary amides is 1.